The van der Waals surface area contributed by atoms with E-state index in [2.05, 4.69) is 10.6 Å². The van der Waals surface area contributed by atoms with Crippen LogP contribution in [0.3, 0.4) is 0 Å². The molecule has 1 aliphatic carbocycles. The molecule has 1 fully saturated rings. The Morgan fingerprint density at radius 3 is 1.39 bits per heavy atom. The smallest absolute Gasteiger partial charge is 0.0465 e. The van der Waals surface area contributed by atoms with Gasteiger partial charge in [-0.15, -0.1) is 0 Å². The van der Waals surface area contributed by atoms with Crippen LogP contribution in [-0.2, 0) is 13.1 Å². The van der Waals surface area contributed by atoms with E-state index in [1.165, 1.54) is 25.7 Å². The first-order valence-corrected chi connectivity index (χ1v) is 11.3. The van der Waals surface area contributed by atoms with Crippen LogP contribution in [0.25, 0.3) is 0 Å². The molecule has 2 aromatic carbocycles. The molecule has 1 saturated carbocycles. The first-order valence-electron chi connectivity index (χ1n) is 9.80. The van der Waals surface area contributed by atoms with Crippen molar-refractivity contribution < 1.29 is 0 Å². The van der Waals surface area contributed by atoms with Gasteiger partial charge in [-0.2, -0.15) is 0 Å². The van der Waals surface area contributed by atoms with Crippen molar-refractivity contribution in [2.45, 2.75) is 38.8 Å². The second kappa shape index (κ2) is 11.1. The minimum absolute atomic E-state index is 0.680. The fraction of sp³-hybridized carbons (Fsp3) is 0.455. The van der Waals surface area contributed by atoms with Crippen molar-refractivity contribution in [2.24, 2.45) is 11.8 Å². The summed E-state index contributed by atoms with van der Waals surface area (Å²) in [5.41, 5.74) is 2.20. The highest BCUT2D eigenvalue weighted by molar-refractivity contribution is 6.35. The van der Waals surface area contributed by atoms with E-state index in [9.17, 15) is 0 Å². The summed E-state index contributed by atoms with van der Waals surface area (Å²) in [6.07, 6.45) is 5.09. The molecule has 0 saturated heterocycles. The number of halogens is 4. The molecule has 0 radical (unpaired) electrons. The molecule has 0 spiro atoms. The van der Waals surface area contributed by atoms with Crippen molar-refractivity contribution in [1.29, 1.82) is 0 Å². The molecule has 28 heavy (non-hydrogen) atoms. The molecule has 1 aliphatic rings. The average molecular weight is 460 g/mol. The summed E-state index contributed by atoms with van der Waals surface area (Å²) in [6.45, 7) is 3.66. The summed E-state index contributed by atoms with van der Waals surface area (Å²) in [5, 5.41) is 9.93. The Hall–Kier alpha value is -0.480. The molecule has 2 aromatic rings. The SMILES string of the molecule is Clc1ccc(CNCC2CCC(CNCc3ccc(Cl)cc3Cl)CC2)c(Cl)c1. The van der Waals surface area contributed by atoms with Gasteiger partial charge in [0.1, 0.15) is 0 Å². The predicted molar refractivity (Wildman–Crippen MR) is 122 cm³/mol. The average Bonchev–Trinajstić information content (AvgIpc) is 2.66. The minimum Gasteiger partial charge on any atom is -0.312 e. The van der Waals surface area contributed by atoms with Crippen molar-refractivity contribution >= 4 is 46.4 Å². The fourth-order valence-corrected chi connectivity index (χ4v) is 4.74. The molecule has 0 bridgehead atoms. The van der Waals surface area contributed by atoms with Gasteiger partial charge in [0.15, 0.2) is 0 Å². The minimum atomic E-state index is 0.680. The molecule has 2 nitrogen and oxygen atoms in total. The zero-order chi connectivity index (χ0) is 19.9. The third-order valence-corrected chi connectivity index (χ3v) is 6.67. The second-order valence-electron chi connectivity index (χ2n) is 7.62. The molecular weight excluding hydrogens is 434 g/mol. The molecular formula is C22H26Cl4N2. The fourth-order valence-electron chi connectivity index (χ4n) is 3.79. The Kier molecular flexibility index (Phi) is 8.77. The van der Waals surface area contributed by atoms with E-state index in [0.717, 1.165) is 59.2 Å². The third-order valence-electron chi connectivity index (χ3n) is 5.49. The number of hydrogen-bond acceptors (Lipinski definition) is 2. The maximum absolute atomic E-state index is 6.23. The molecule has 2 N–H and O–H groups in total. The third kappa shape index (κ3) is 6.79. The Balaban J connectivity index is 1.32. The molecule has 0 aromatic heterocycles. The lowest BCUT2D eigenvalue weighted by Crippen LogP contribution is -2.30. The van der Waals surface area contributed by atoms with E-state index < -0.39 is 0 Å². The first-order chi connectivity index (χ1) is 13.5. The van der Waals surface area contributed by atoms with Crippen LogP contribution >= 0.6 is 46.4 Å². The molecule has 3 rings (SSSR count). The Labute approximate surface area is 187 Å². The lowest BCUT2D eigenvalue weighted by molar-refractivity contribution is 0.261. The Morgan fingerprint density at radius 2 is 1.04 bits per heavy atom. The Morgan fingerprint density at radius 1 is 0.643 bits per heavy atom. The van der Waals surface area contributed by atoms with Crippen LogP contribution in [0.1, 0.15) is 36.8 Å². The van der Waals surface area contributed by atoms with Gasteiger partial charge in [-0.05, 0) is 86.0 Å². The summed E-state index contributed by atoms with van der Waals surface area (Å²) in [7, 11) is 0. The summed E-state index contributed by atoms with van der Waals surface area (Å²) in [4.78, 5) is 0. The van der Waals surface area contributed by atoms with Gasteiger partial charge in [-0.25, -0.2) is 0 Å². The molecule has 0 heterocycles. The second-order valence-corrected chi connectivity index (χ2v) is 9.31. The van der Waals surface area contributed by atoms with Crippen LogP contribution < -0.4 is 10.6 Å². The van der Waals surface area contributed by atoms with Crippen LogP contribution in [0.2, 0.25) is 20.1 Å². The Bertz CT molecular complexity index is 708. The number of hydrogen-bond donors (Lipinski definition) is 2. The number of nitrogens with one attached hydrogen (secondary N) is 2. The van der Waals surface area contributed by atoms with Crippen molar-refractivity contribution in [3.8, 4) is 0 Å². The maximum atomic E-state index is 6.23. The quantitative estimate of drug-likeness (QED) is 0.444. The van der Waals surface area contributed by atoms with E-state index in [1.54, 1.807) is 12.1 Å². The van der Waals surface area contributed by atoms with Gasteiger partial charge < -0.3 is 10.6 Å². The lowest BCUT2D eigenvalue weighted by Gasteiger charge is -2.29. The van der Waals surface area contributed by atoms with Gasteiger partial charge in [0.25, 0.3) is 0 Å². The van der Waals surface area contributed by atoms with Crippen molar-refractivity contribution in [2.75, 3.05) is 13.1 Å². The predicted octanol–water partition coefficient (Wildman–Crippen LogP) is 6.99. The molecule has 0 aliphatic heterocycles. The van der Waals surface area contributed by atoms with E-state index in [4.69, 9.17) is 46.4 Å². The highest BCUT2D eigenvalue weighted by Crippen LogP contribution is 2.28. The monoisotopic (exact) mass is 458 g/mol. The summed E-state index contributed by atoms with van der Waals surface area (Å²) in [5.74, 6) is 1.49. The lowest BCUT2D eigenvalue weighted by atomic mass is 9.82. The van der Waals surface area contributed by atoms with Gasteiger partial charge in [-0.1, -0.05) is 58.5 Å². The molecule has 0 atom stereocenters. The van der Waals surface area contributed by atoms with E-state index >= 15 is 0 Å². The molecule has 152 valence electrons. The zero-order valence-electron chi connectivity index (χ0n) is 15.8. The van der Waals surface area contributed by atoms with Gasteiger partial charge in [0.05, 0.1) is 0 Å². The number of rotatable bonds is 8. The van der Waals surface area contributed by atoms with E-state index in [0.29, 0.717) is 10.0 Å². The standard InChI is InChI=1S/C22H26Cl4N2/c23-19-7-5-17(21(25)9-19)13-27-11-15-1-2-16(4-3-15)12-28-14-18-6-8-20(24)10-22(18)26/h5-10,15-16,27-28H,1-4,11-14H2. The van der Waals surface area contributed by atoms with Gasteiger partial charge >= 0.3 is 0 Å². The zero-order valence-corrected chi connectivity index (χ0v) is 18.8. The van der Waals surface area contributed by atoms with E-state index in [-0.39, 0.29) is 0 Å². The summed E-state index contributed by atoms with van der Waals surface area (Å²) >= 11 is 24.4. The van der Waals surface area contributed by atoms with Crippen LogP contribution in [-0.4, -0.2) is 13.1 Å². The molecule has 6 heteroatoms. The van der Waals surface area contributed by atoms with Crippen molar-refractivity contribution in [1.82, 2.24) is 10.6 Å². The normalized spacial score (nSPS) is 19.7. The highest BCUT2D eigenvalue weighted by atomic mass is 35.5. The topological polar surface area (TPSA) is 24.1 Å². The van der Waals surface area contributed by atoms with Crippen LogP contribution in [0.15, 0.2) is 36.4 Å². The summed E-state index contributed by atoms with van der Waals surface area (Å²) < 4.78 is 0. The van der Waals surface area contributed by atoms with Gasteiger partial charge in [-0.3, -0.25) is 0 Å². The molecule has 0 unspecified atom stereocenters. The van der Waals surface area contributed by atoms with E-state index in [1.807, 2.05) is 24.3 Å². The maximum Gasteiger partial charge on any atom is 0.0465 e. The van der Waals surface area contributed by atoms with Crippen LogP contribution in [0.4, 0.5) is 0 Å². The number of benzene rings is 2. The van der Waals surface area contributed by atoms with Gasteiger partial charge in [0, 0.05) is 33.2 Å². The summed E-state index contributed by atoms with van der Waals surface area (Å²) in [6, 6.07) is 11.4. The van der Waals surface area contributed by atoms with Crippen molar-refractivity contribution in [3.63, 3.8) is 0 Å². The molecule has 0 amide bonds. The van der Waals surface area contributed by atoms with Gasteiger partial charge in [0.2, 0.25) is 0 Å². The van der Waals surface area contributed by atoms with Crippen molar-refractivity contribution in [3.05, 3.63) is 67.6 Å². The largest absolute Gasteiger partial charge is 0.312 e. The van der Waals surface area contributed by atoms with Crippen LogP contribution in [0.5, 0.6) is 0 Å². The van der Waals surface area contributed by atoms with Crippen LogP contribution in [0, 0.1) is 11.8 Å². The first kappa shape index (κ1) is 22.2. The highest BCUT2D eigenvalue weighted by Gasteiger charge is 2.20.